The first-order valence-corrected chi connectivity index (χ1v) is 5.64. The van der Waals surface area contributed by atoms with Crippen molar-refractivity contribution in [3.8, 4) is 11.5 Å². The lowest BCUT2D eigenvalue weighted by Crippen LogP contribution is -2.13. The number of halogens is 1. The fourth-order valence-electron chi connectivity index (χ4n) is 1.38. The summed E-state index contributed by atoms with van der Waals surface area (Å²) < 4.78 is 11.6. The van der Waals surface area contributed by atoms with Crippen LogP contribution in [0.15, 0.2) is 16.6 Å². The van der Waals surface area contributed by atoms with E-state index in [-0.39, 0.29) is 0 Å². The van der Waals surface area contributed by atoms with E-state index >= 15 is 0 Å². The largest absolute Gasteiger partial charge is 0.493 e. The normalized spacial score (nSPS) is 10.1. The van der Waals surface area contributed by atoms with Crippen molar-refractivity contribution in [3.05, 3.63) is 22.2 Å². The third kappa shape index (κ3) is 2.86. The topological polar surface area (TPSA) is 30.5 Å². The van der Waals surface area contributed by atoms with Gasteiger partial charge < -0.3 is 14.8 Å². The summed E-state index contributed by atoms with van der Waals surface area (Å²) in [5.74, 6) is 1.54. The van der Waals surface area contributed by atoms with E-state index < -0.39 is 0 Å². The highest BCUT2D eigenvalue weighted by molar-refractivity contribution is 9.10. The van der Waals surface area contributed by atoms with E-state index in [0.717, 1.165) is 34.6 Å². The van der Waals surface area contributed by atoms with E-state index in [2.05, 4.69) is 28.2 Å². The van der Waals surface area contributed by atoms with Gasteiger partial charge in [0.2, 0.25) is 0 Å². The molecule has 0 heterocycles. The van der Waals surface area contributed by atoms with Gasteiger partial charge in [-0.05, 0) is 18.7 Å². The molecule has 0 spiro atoms. The second kappa shape index (κ2) is 5.98. The third-order valence-electron chi connectivity index (χ3n) is 2.14. The Labute approximate surface area is 98.9 Å². The first kappa shape index (κ1) is 12.3. The van der Waals surface area contributed by atoms with Crippen molar-refractivity contribution < 1.29 is 9.47 Å². The maximum Gasteiger partial charge on any atom is 0.166 e. The van der Waals surface area contributed by atoms with Gasteiger partial charge >= 0.3 is 0 Å². The van der Waals surface area contributed by atoms with E-state index in [4.69, 9.17) is 9.47 Å². The molecule has 0 aromatic heterocycles. The van der Waals surface area contributed by atoms with Crippen LogP contribution in [0.5, 0.6) is 11.5 Å². The number of benzene rings is 1. The van der Waals surface area contributed by atoms with Crippen LogP contribution in [0.3, 0.4) is 0 Å². The molecule has 15 heavy (non-hydrogen) atoms. The summed E-state index contributed by atoms with van der Waals surface area (Å²) in [7, 11) is 3.29. The second-order valence-electron chi connectivity index (χ2n) is 3.04. The molecule has 84 valence electrons. The molecular formula is C11H16BrNO2. The van der Waals surface area contributed by atoms with Crippen LogP contribution >= 0.6 is 15.9 Å². The Bertz CT molecular complexity index is 329. The Morgan fingerprint density at radius 1 is 1.27 bits per heavy atom. The van der Waals surface area contributed by atoms with Gasteiger partial charge in [0.1, 0.15) is 0 Å². The van der Waals surface area contributed by atoms with Gasteiger partial charge in [0, 0.05) is 16.6 Å². The van der Waals surface area contributed by atoms with Crippen molar-refractivity contribution in [2.45, 2.75) is 13.5 Å². The molecule has 0 fully saturated rings. The second-order valence-corrected chi connectivity index (χ2v) is 3.90. The minimum atomic E-state index is 0.758. The van der Waals surface area contributed by atoms with E-state index in [1.54, 1.807) is 14.2 Å². The molecular weight excluding hydrogens is 258 g/mol. The Kier molecular flexibility index (Phi) is 4.91. The van der Waals surface area contributed by atoms with Crippen molar-refractivity contribution in [1.29, 1.82) is 0 Å². The zero-order valence-electron chi connectivity index (χ0n) is 9.26. The van der Waals surface area contributed by atoms with Crippen LogP contribution in [0, 0.1) is 0 Å². The molecule has 0 bridgehead atoms. The van der Waals surface area contributed by atoms with Crippen LogP contribution in [-0.4, -0.2) is 20.8 Å². The van der Waals surface area contributed by atoms with E-state index in [0.29, 0.717) is 0 Å². The highest BCUT2D eigenvalue weighted by Gasteiger charge is 2.12. The summed E-state index contributed by atoms with van der Waals surface area (Å²) in [5.41, 5.74) is 1.08. The molecule has 1 aromatic carbocycles. The average Bonchev–Trinajstić information content (AvgIpc) is 2.27. The van der Waals surface area contributed by atoms with E-state index in [1.807, 2.05) is 12.1 Å². The van der Waals surface area contributed by atoms with Crippen LogP contribution in [0.25, 0.3) is 0 Å². The van der Waals surface area contributed by atoms with Gasteiger partial charge in [-0.15, -0.1) is 0 Å². The summed E-state index contributed by atoms with van der Waals surface area (Å²) in [6.07, 6.45) is 0. The third-order valence-corrected chi connectivity index (χ3v) is 2.89. The SMILES string of the molecule is CCNCc1c(Br)ccc(OC)c1OC. The molecule has 0 amide bonds. The smallest absolute Gasteiger partial charge is 0.166 e. The number of nitrogens with one attached hydrogen (secondary N) is 1. The lowest BCUT2D eigenvalue weighted by molar-refractivity contribution is 0.350. The average molecular weight is 274 g/mol. The number of ether oxygens (including phenoxy) is 2. The van der Waals surface area contributed by atoms with Gasteiger partial charge in [-0.1, -0.05) is 22.9 Å². The lowest BCUT2D eigenvalue weighted by atomic mass is 10.2. The maximum atomic E-state index is 5.35. The van der Waals surface area contributed by atoms with Gasteiger partial charge in [0.05, 0.1) is 14.2 Å². The number of methoxy groups -OCH3 is 2. The van der Waals surface area contributed by atoms with Gasteiger partial charge in [-0.25, -0.2) is 0 Å². The predicted molar refractivity (Wildman–Crippen MR) is 64.6 cm³/mol. The lowest BCUT2D eigenvalue weighted by Gasteiger charge is -2.14. The molecule has 0 radical (unpaired) electrons. The van der Waals surface area contributed by atoms with Crippen LogP contribution in [-0.2, 0) is 6.54 Å². The molecule has 1 rings (SSSR count). The summed E-state index contributed by atoms with van der Waals surface area (Å²) in [5, 5.41) is 3.27. The van der Waals surface area contributed by atoms with Gasteiger partial charge in [0.15, 0.2) is 11.5 Å². The molecule has 0 unspecified atom stereocenters. The Morgan fingerprint density at radius 2 is 2.00 bits per heavy atom. The van der Waals surface area contributed by atoms with Crippen molar-refractivity contribution in [2.75, 3.05) is 20.8 Å². The quantitative estimate of drug-likeness (QED) is 0.895. The highest BCUT2D eigenvalue weighted by Crippen LogP contribution is 2.35. The fraction of sp³-hybridized carbons (Fsp3) is 0.455. The first-order valence-electron chi connectivity index (χ1n) is 4.84. The molecule has 0 aliphatic heterocycles. The Morgan fingerprint density at radius 3 is 2.53 bits per heavy atom. The van der Waals surface area contributed by atoms with Crippen LogP contribution in [0.1, 0.15) is 12.5 Å². The fourth-order valence-corrected chi connectivity index (χ4v) is 1.83. The Balaban J connectivity index is 3.07. The molecule has 0 aliphatic rings. The molecule has 0 atom stereocenters. The maximum absolute atomic E-state index is 5.35. The molecule has 0 saturated carbocycles. The molecule has 4 heteroatoms. The van der Waals surface area contributed by atoms with Crippen LogP contribution < -0.4 is 14.8 Å². The summed E-state index contributed by atoms with van der Waals surface area (Å²) >= 11 is 3.51. The van der Waals surface area contributed by atoms with E-state index in [1.165, 1.54) is 0 Å². The van der Waals surface area contributed by atoms with Crippen LogP contribution in [0.2, 0.25) is 0 Å². The molecule has 3 nitrogen and oxygen atoms in total. The van der Waals surface area contributed by atoms with E-state index in [9.17, 15) is 0 Å². The van der Waals surface area contributed by atoms with Crippen molar-refractivity contribution >= 4 is 15.9 Å². The molecule has 0 saturated heterocycles. The van der Waals surface area contributed by atoms with Gasteiger partial charge in [-0.2, -0.15) is 0 Å². The van der Waals surface area contributed by atoms with Crippen molar-refractivity contribution in [2.24, 2.45) is 0 Å². The first-order chi connectivity index (χ1) is 7.24. The molecule has 1 N–H and O–H groups in total. The van der Waals surface area contributed by atoms with Gasteiger partial charge in [0.25, 0.3) is 0 Å². The Hall–Kier alpha value is -0.740. The standard InChI is InChI=1S/C11H16BrNO2/c1-4-13-7-8-9(12)5-6-10(14-2)11(8)15-3/h5-6,13H,4,7H2,1-3H3. The summed E-state index contributed by atoms with van der Waals surface area (Å²) in [4.78, 5) is 0. The monoisotopic (exact) mass is 273 g/mol. The summed E-state index contributed by atoms with van der Waals surface area (Å²) in [6, 6.07) is 3.85. The number of rotatable bonds is 5. The van der Waals surface area contributed by atoms with Crippen molar-refractivity contribution in [3.63, 3.8) is 0 Å². The number of hydrogen-bond donors (Lipinski definition) is 1. The zero-order valence-corrected chi connectivity index (χ0v) is 10.8. The van der Waals surface area contributed by atoms with Crippen LogP contribution in [0.4, 0.5) is 0 Å². The van der Waals surface area contributed by atoms with Gasteiger partial charge in [-0.3, -0.25) is 0 Å². The minimum Gasteiger partial charge on any atom is -0.493 e. The molecule has 0 aliphatic carbocycles. The number of hydrogen-bond acceptors (Lipinski definition) is 3. The van der Waals surface area contributed by atoms with Crippen molar-refractivity contribution in [1.82, 2.24) is 5.32 Å². The molecule has 1 aromatic rings. The predicted octanol–water partition coefficient (Wildman–Crippen LogP) is 2.58. The highest BCUT2D eigenvalue weighted by atomic mass is 79.9. The zero-order chi connectivity index (χ0) is 11.3. The minimum absolute atomic E-state index is 0.758. The summed E-state index contributed by atoms with van der Waals surface area (Å²) in [6.45, 7) is 3.75.